The van der Waals surface area contributed by atoms with Gasteiger partial charge in [-0.25, -0.2) is 0 Å². The molecule has 3 rings (SSSR count). The molecule has 1 heterocycles. The number of benzene rings is 1. The van der Waals surface area contributed by atoms with Crippen LogP contribution in [0.5, 0.6) is 5.75 Å². The van der Waals surface area contributed by atoms with Crippen LogP contribution in [0, 0.1) is 5.92 Å². The van der Waals surface area contributed by atoms with Crippen molar-refractivity contribution in [1.82, 2.24) is 4.90 Å². The minimum atomic E-state index is 0.289. The van der Waals surface area contributed by atoms with Crippen LogP contribution in [0.1, 0.15) is 19.3 Å². The molecule has 1 amide bonds. The SMILES string of the molecule is COc1ccc(Cl)cc1N1CCN(C(=O)C2CCC2)CC1. The molecule has 1 aromatic carbocycles. The average Bonchev–Trinajstić information content (AvgIpc) is 2.45. The molecular weight excluding hydrogens is 288 g/mol. The molecule has 0 N–H and O–H groups in total. The third kappa shape index (κ3) is 2.95. The van der Waals surface area contributed by atoms with Crippen LogP contribution < -0.4 is 9.64 Å². The van der Waals surface area contributed by atoms with Gasteiger partial charge in [0.15, 0.2) is 0 Å². The summed E-state index contributed by atoms with van der Waals surface area (Å²) in [7, 11) is 1.67. The summed E-state index contributed by atoms with van der Waals surface area (Å²) in [5, 5.41) is 0.707. The molecule has 1 aliphatic carbocycles. The number of ether oxygens (including phenoxy) is 1. The van der Waals surface area contributed by atoms with E-state index in [9.17, 15) is 4.79 Å². The van der Waals surface area contributed by atoms with Gasteiger partial charge in [0.05, 0.1) is 12.8 Å². The lowest BCUT2D eigenvalue weighted by Crippen LogP contribution is -2.51. The second-order valence-electron chi connectivity index (χ2n) is 5.76. The number of hydrogen-bond acceptors (Lipinski definition) is 3. The summed E-state index contributed by atoms with van der Waals surface area (Å²) in [6.45, 7) is 3.22. The highest BCUT2D eigenvalue weighted by Gasteiger charge is 2.31. The van der Waals surface area contributed by atoms with Crippen LogP contribution in [0.25, 0.3) is 0 Å². The van der Waals surface area contributed by atoms with E-state index in [1.807, 2.05) is 23.1 Å². The third-order valence-electron chi connectivity index (χ3n) is 4.53. The standard InChI is InChI=1S/C16H21ClN2O2/c1-21-15-6-5-13(17)11-14(15)18-7-9-19(10-8-18)16(20)12-3-2-4-12/h5-6,11-12H,2-4,7-10H2,1H3. The van der Waals surface area contributed by atoms with Crippen molar-refractivity contribution in [3.63, 3.8) is 0 Å². The minimum absolute atomic E-state index is 0.289. The number of amides is 1. The van der Waals surface area contributed by atoms with Crippen molar-refractivity contribution < 1.29 is 9.53 Å². The summed E-state index contributed by atoms with van der Waals surface area (Å²) in [6, 6.07) is 5.66. The second kappa shape index (κ2) is 6.14. The first kappa shape index (κ1) is 14.5. The number of rotatable bonds is 3. The van der Waals surface area contributed by atoms with Gasteiger partial charge in [0, 0.05) is 37.1 Å². The number of nitrogens with zero attached hydrogens (tertiary/aromatic N) is 2. The maximum Gasteiger partial charge on any atom is 0.225 e. The van der Waals surface area contributed by atoms with E-state index >= 15 is 0 Å². The molecule has 21 heavy (non-hydrogen) atoms. The second-order valence-corrected chi connectivity index (χ2v) is 6.19. The van der Waals surface area contributed by atoms with Crippen LogP contribution in [0.2, 0.25) is 5.02 Å². The predicted octanol–water partition coefficient (Wildman–Crippen LogP) is 2.80. The highest BCUT2D eigenvalue weighted by atomic mass is 35.5. The monoisotopic (exact) mass is 308 g/mol. The lowest BCUT2D eigenvalue weighted by atomic mass is 9.84. The Morgan fingerprint density at radius 1 is 1.24 bits per heavy atom. The Labute approximate surface area is 130 Å². The number of methoxy groups -OCH3 is 1. The summed E-state index contributed by atoms with van der Waals surface area (Å²) >= 11 is 6.09. The van der Waals surface area contributed by atoms with E-state index in [4.69, 9.17) is 16.3 Å². The van der Waals surface area contributed by atoms with Crippen LogP contribution in [-0.2, 0) is 4.79 Å². The van der Waals surface area contributed by atoms with Crippen LogP contribution in [0.4, 0.5) is 5.69 Å². The molecule has 1 aromatic rings. The molecule has 1 saturated carbocycles. The molecule has 0 radical (unpaired) electrons. The van der Waals surface area contributed by atoms with E-state index in [1.54, 1.807) is 7.11 Å². The summed E-state index contributed by atoms with van der Waals surface area (Å²) in [5.74, 6) is 1.47. The van der Waals surface area contributed by atoms with Crippen LogP contribution in [0.15, 0.2) is 18.2 Å². The van der Waals surface area contributed by atoms with Gasteiger partial charge >= 0.3 is 0 Å². The first-order valence-electron chi connectivity index (χ1n) is 7.56. The Morgan fingerprint density at radius 3 is 2.52 bits per heavy atom. The smallest absolute Gasteiger partial charge is 0.225 e. The van der Waals surface area contributed by atoms with Crippen molar-refractivity contribution in [2.75, 3.05) is 38.2 Å². The molecule has 0 unspecified atom stereocenters. The van der Waals surface area contributed by atoms with Crippen LogP contribution in [0.3, 0.4) is 0 Å². The van der Waals surface area contributed by atoms with Crippen molar-refractivity contribution in [2.45, 2.75) is 19.3 Å². The summed E-state index contributed by atoms with van der Waals surface area (Å²) in [4.78, 5) is 16.5. The Balaban J connectivity index is 1.65. The van der Waals surface area contributed by atoms with Gasteiger partial charge in [-0.15, -0.1) is 0 Å². The third-order valence-corrected chi connectivity index (χ3v) is 4.76. The lowest BCUT2D eigenvalue weighted by molar-refractivity contribution is -0.138. The number of hydrogen-bond donors (Lipinski definition) is 0. The Bertz CT molecular complexity index is 523. The zero-order chi connectivity index (χ0) is 14.8. The fourth-order valence-corrected chi connectivity index (χ4v) is 3.16. The molecule has 1 saturated heterocycles. The van der Waals surface area contributed by atoms with Gasteiger partial charge in [0.2, 0.25) is 5.91 Å². The predicted molar refractivity (Wildman–Crippen MR) is 84.1 cm³/mol. The largest absolute Gasteiger partial charge is 0.495 e. The van der Waals surface area contributed by atoms with Crippen molar-refractivity contribution in [3.8, 4) is 5.75 Å². The minimum Gasteiger partial charge on any atom is -0.495 e. The number of piperazine rings is 1. The number of carbonyl (C=O) groups is 1. The fourth-order valence-electron chi connectivity index (χ4n) is 2.99. The van der Waals surface area contributed by atoms with Gasteiger partial charge in [-0.3, -0.25) is 4.79 Å². The summed E-state index contributed by atoms with van der Waals surface area (Å²) in [5.41, 5.74) is 1.01. The maximum atomic E-state index is 12.3. The quantitative estimate of drug-likeness (QED) is 0.861. The van der Waals surface area contributed by atoms with E-state index in [1.165, 1.54) is 6.42 Å². The number of halogens is 1. The van der Waals surface area contributed by atoms with E-state index in [0.29, 0.717) is 10.9 Å². The number of anilines is 1. The van der Waals surface area contributed by atoms with Gasteiger partial charge < -0.3 is 14.5 Å². The Morgan fingerprint density at radius 2 is 1.95 bits per heavy atom. The van der Waals surface area contributed by atoms with E-state index < -0.39 is 0 Å². The first-order valence-corrected chi connectivity index (χ1v) is 7.94. The van der Waals surface area contributed by atoms with E-state index in [2.05, 4.69) is 4.90 Å². The summed E-state index contributed by atoms with van der Waals surface area (Å²) in [6.07, 6.45) is 3.35. The van der Waals surface area contributed by atoms with Gasteiger partial charge in [-0.1, -0.05) is 18.0 Å². The molecule has 1 aliphatic heterocycles. The highest BCUT2D eigenvalue weighted by Crippen LogP contribution is 2.33. The van der Waals surface area contributed by atoms with Crippen molar-refractivity contribution in [2.24, 2.45) is 5.92 Å². The fraction of sp³-hybridized carbons (Fsp3) is 0.562. The molecule has 114 valence electrons. The maximum absolute atomic E-state index is 12.3. The topological polar surface area (TPSA) is 32.8 Å². The Kier molecular flexibility index (Phi) is 4.24. The molecule has 0 bridgehead atoms. The van der Waals surface area contributed by atoms with Gasteiger partial charge in [0.25, 0.3) is 0 Å². The van der Waals surface area contributed by atoms with Gasteiger partial charge in [-0.2, -0.15) is 0 Å². The molecule has 5 heteroatoms. The zero-order valence-electron chi connectivity index (χ0n) is 12.3. The molecule has 0 aromatic heterocycles. The zero-order valence-corrected chi connectivity index (χ0v) is 13.1. The normalized spacial score (nSPS) is 19.3. The van der Waals surface area contributed by atoms with E-state index in [0.717, 1.165) is 50.5 Å². The molecule has 0 atom stereocenters. The lowest BCUT2D eigenvalue weighted by Gasteiger charge is -2.39. The molecular formula is C16H21ClN2O2. The Hall–Kier alpha value is -1.42. The molecule has 4 nitrogen and oxygen atoms in total. The highest BCUT2D eigenvalue weighted by molar-refractivity contribution is 6.30. The van der Waals surface area contributed by atoms with Gasteiger partial charge in [0.1, 0.15) is 5.75 Å². The van der Waals surface area contributed by atoms with E-state index in [-0.39, 0.29) is 5.92 Å². The van der Waals surface area contributed by atoms with Crippen molar-refractivity contribution in [3.05, 3.63) is 23.2 Å². The number of carbonyl (C=O) groups excluding carboxylic acids is 1. The van der Waals surface area contributed by atoms with Crippen molar-refractivity contribution in [1.29, 1.82) is 0 Å². The van der Waals surface area contributed by atoms with Crippen LogP contribution in [-0.4, -0.2) is 44.1 Å². The molecule has 0 spiro atoms. The molecule has 2 aliphatic rings. The average molecular weight is 309 g/mol. The van der Waals surface area contributed by atoms with Gasteiger partial charge in [-0.05, 0) is 31.0 Å². The molecule has 2 fully saturated rings. The van der Waals surface area contributed by atoms with Crippen molar-refractivity contribution >= 4 is 23.2 Å². The first-order chi connectivity index (χ1) is 10.2. The summed E-state index contributed by atoms with van der Waals surface area (Å²) < 4.78 is 5.41. The van der Waals surface area contributed by atoms with Crippen LogP contribution >= 0.6 is 11.6 Å².